The van der Waals surface area contributed by atoms with E-state index in [1.807, 2.05) is 24.3 Å². The van der Waals surface area contributed by atoms with Gasteiger partial charge in [0.1, 0.15) is 18.1 Å². The number of aromatic nitrogens is 3. The number of amides is 3. The van der Waals surface area contributed by atoms with E-state index in [4.69, 9.17) is 10.8 Å². The van der Waals surface area contributed by atoms with Gasteiger partial charge in [-0.05, 0) is 24.5 Å². The summed E-state index contributed by atoms with van der Waals surface area (Å²) in [5, 5.41) is 24.7. The monoisotopic (exact) mass is 553 g/mol. The fourth-order valence-electron chi connectivity index (χ4n) is 4.87. The van der Waals surface area contributed by atoms with Crippen molar-refractivity contribution in [2.75, 3.05) is 6.54 Å². The average Bonchev–Trinajstić information content (AvgIpc) is 3.68. The Morgan fingerprint density at radius 1 is 1.05 bits per heavy atom. The number of rotatable bonds is 12. The quantitative estimate of drug-likeness (QED) is 0.154. The van der Waals surface area contributed by atoms with Gasteiger partial charge in [0.2, 0.25) is 17.7 Å². The highest BCUT2D eigenvalue weighted by atomic mass is 16.4. The molecule has 8 N–H and O–H groups in total. The van der Waals surface area contributed by atoms with Gasteiger partial charge < -0.3 is 41.4 Å². The number of aromatic amines is 2. The molecule has 0 radical (unpaired) electrons. The Hall–Kier alpha value is -4.72. The highest BCUT2D eigenvalue weighted by molar-refractivity contribution is 5.95. The first kappa shape index (κ1) is 28.3. The number of hydrogen-bond acceptors (Lipinski definition) is 7. The van der Waals surface area contributed by atoms with E-state index in [1.54, 1.807) is 6.20 Å². The van der Waals surface area contributed by atoms with Crippen LogP contribution in [0.15, 0.2) is 43.0 Å². The molecule has 4 rings (SSSR count). The zero-order valence-electron chi connectivity index (χ0n) is 21.5. The standard InChI is InChI=1S/C26H31N7O7/c27-17(10-22(34)35)23(36)31-19(9-15-12-28-13-30-15)24(37)32-20(25(38)33-7-3-6-21(33)26(39)40)8-14-11-29-18-5-2-1-4-16(14)18/h1-2,4-5,11-13,17,19-21,29H,3,6-10,27H2,(H,28,30)(H,31,36)(H,32,37)(H,34,35)(H,39,40). The second-order valence-corrected chi connectivity index (χ2v) is 9.70. The largest absolute Gasteiger partial charge is 0.481 e. The molecule has 40 heavy (non-hydrogen) atoms. The molecule has 212 valence electrons. The van der Waals surface area contributed by atoms with Crippen molar-refractivity contribution in [1.29, 1.82) is 0 Å². The second-order valence-electron chi connectivity index (χ2n) is 9.70. The van der Waals surface area contributed by atoms with E-state index in [0.717, 1.165) is 16.5 Å². The van der Waals surface area contributed by atoms with Gasteiger partial charge in [0.15, 0.2) is 0 Å². The van der Waals surface area contributed by atoms with Gasteiger partial charge in [0.05, 0.1) is 18.8 Å². The lowest BCUT2D eigenvalue weighted by Crippen LogP contribution is -2.58. The number of likely N-dealkylation sites (tertiary alicyclic amines) is 1. The number of benzene rings is 1. The van der Waals surface area contributed by atoms with Crippen molar-refractivity contribution in [3.05, 3.63) is 54.2 Å². The molecule has 0 aliphatic carbocycles. The normalized spacial score (nSPS) is 17.2. The minimum Gasteiger partial charge on any atom is -0.481 e. The van der Waals surface area contributed by atoms with Crippen molar-refractivity contribution in [3.8, 4) is 0 Å². The molecule has 0 bridgehead atoms. The zero-order chi connectivity index (χ0) is 28.8. The molecule has 3 amide bonds. The van der Waals surface area contributed by atoms with Gasteiger partial charge in [-0.15, -0.1) is 0 Å². The Kier molecular flexibility index (Phi) is 8.79. The molecular formula is C26H31N7O7. The van der Waals surface area contributed by atoms with Crippen LogP contribution in [-0.4, -0.2) is 90.4 Å². The summed E-state index contributed by atoms with van der Waals surface area (Å²) in [5.41, 5.74) is 7.76. The van der Waals surface area contributed by atoms with E-state index in [2.05, 4.69) is 25.6 Å². The summed E-state index contributed by atoms with van der Waals surface area (Å²) in [5.74, 6) is -4.54. The lowest BCUT2D eigenvalue weighted by molar-refractivity contribution is -0.149. The number of imidazole rings is 1. The number of aliphatic carboxylic acids is 2. The molecule has 0 saturated carbocycles. The molecule has 0 spiro atoms. The summed E-state index contributed by atoms with van der Waals surface area (Å²) in [6.45, 7) is 0.231. The molecule has 1 aromatic carbocycles. The van der Waals surface area contributed by atoms with Crippen LogP contribution in [0.4, 0.5) is 0 Å². The molecule has 1 aliphatic rings. The van der Waals surface area contributed by atoms with Gasteiger partial charge >= 0.3 is 11.9 Å². The van der Waals surface area contributed by atoms with Gasteiger partial charge in [0.25, 0.3) is 0 Å². The fraction of sp³-hybridized carbons (Fsp3) is 0.385. The molecule has 2 aromatic heterocycles. The van der Waals surface area contributed by atoms with Gasteiger partial charge in [-0.25, -0.2) is 9.78 Å². The molecule has 14 heteroatoms. The van der Waals surface area contributed by atoms with Gasteiger partial charge in [-0.3, -0.25) is 19.2 Å². The summed E-state index contributed by atoms with van der Waals surface area (Å²) in [7, 11) is 0. The highest BCUT2D eigenvalue weighted by Crippen LogP contribution is 2.23. The van der Waals surface area contributed by atoms with Crippen LogP contribution in [0.2, 0.25) is 0 Å². The number of para-hydroxylation sites is 1. The number of hydrogen-bond donors (Lipinski definition) is 7. The minimum atomic E-state index is -1.40. The third-order valence-corrected chi connectivity index (χ3v) is 6.88. The number of fused-ring (bicyclic) bond motifs is 1. The number of H-pyrrole nitrogens is 2. The summed E-state index contributed by atoms with van der Waals surface area (Å²) in [4.78, 5) is 73.9. The van der Waals surface area contributed by atoms with E-state index in [1.165, 1.54) is 17.4 Å². The highest BCUT2D eigenvalue weighted by Gasteiger charge is 2.39. The molecule has 4 atom stereocenters. The van der Waals surface area contributed by atoms with Crippen molar-refractivity contribution in [1.82, 2.24) is 30.5 Å². The van der Waals surface area contributed by atoms with Crippen LogP contribution in [-0.2, 0) is 36.8 Å². The van der Waals surface area contributed by atoms with Crippen molar-refractivity contribution < 1.29 is 34.2 Å². The number of carboxylic acid groups (broad SMARTS) is 2. The van der Waals surface area contributed by atoms with Crippen LogP contribution in [0, 0.1) is 0 Å². The van der Waals surface area contributed by atoms with Crippen molar-refractivity contribution >= 4 is 40.6 Å². The Morgan fingerprint density at radius 3 is 2.50 bits per heavy atom. The molecule has 14 nitrogen and oxygen atoms in total. The summed E-state index contributed by atoms with van der Waals surface area (Å²) >= 11 is 0. The van der Waals surface area contributed by atoms with Crippen LogP contribution in [0.5, 0.6) is 0 Å². The van der Waals surface area contributed by atoms with Crippen LogP contribution in [0.25, 0.3) is 10.9 Å². The molecule has 4 unspecified atom stereocenters. The maximum Gasteiger partial charge on any atom is 0.326 e. The Labute approximate surface area is 228 Å². The topological polar surface area (TPSA) is 224 Å². The molecule has 3 aromatic rings. The fourth-order valence-corrected chi connectivity index (χ4v) is 4.87. The molecule has 1 aliphatic heterocycles. The van der Waals surface area contributed by atoms with E-state index in [-0.39, 0.29) is 19.4 Å². The Morgan fingerprint density at radius 2 is 1.80 bits per heavy atom. The number of nitrogens with zero attached hydrogens (tertiary/aromatic N) is 2. The molecular weight excluding hydrogens is 522 g/mol. The van der Waals surface area contributed by atoms with E-state index in [0.29, 0.717) is 18.5 Å². The third-order valence-electron chi connectivity index (χ3n) is 6.88. The van der Waals surface area contributed by atoms with Crippen LogP contribution >= 0.6 is 0 Å². The van der Waals surface area contributed by atoms with Crippen LogP contribution in [0.3, 0.4) is 0 Å². The van der Waals surface area contributed by atoms with Crippen molar-refractivity contribution in [2.24, 2.45) is 5.73 Å². The maximum atomic E-state index is 13.7. The number of carboxylic acids is 2. The zero-order valence-corrected chi connectivity index (χ0v) is 21.5. The summed E-state index contributed by atoms with van der Waals surface area (Å²) < 4.78 is 0. The number of carbonyl (C=O) groups is 5. The van der Waals surface area contributed by atoms with E-state index in [9.17, 15) is 29.1 Å². The SMILES string of the molecule is NC(CC(=O)O)C(=O)NC(Cc1cnc[nH]1)C(=O)NC(Cc1c[nH]c2ccccc12)C(=O)N1CCCC1C(=O)O. The molecule has 3 heterocycles. The van der Waals surface area contributed by atoms with Crippen LogP contribution in [0.1, 0.15) is 30.5 Å². The predicted octanol–water partition coefficient (Wildman–Crippen LogP) is -0.477. The lowest BCUT2D eigenvalue weighted by atomic mass is 10.0. The summed E-state index contributed by atoms with van der Waals surface area (Å²) in [6, 6.07) is 2.62. The average molecular weight is 554 g/mol. The van der Waals surface area contributed by atoms with Gasteiger partial charge in [0, 0.05) is 48.4 Å². The van der Waals surface area contributed by atoms with Crippen LogP contribution < -0.4 is 16.4 Å². The Bertz CT molecular complexity index is 1390. The first-order valence-electron chi connectivity index (χ1n) is 12.8. The molecule has 1 fully saturated rings. The summed E-state index contributed by atoms with van der Waals surface area (Å²) in [6.07, 6.45) is 4.76. The first-order chi connectivity index (χ1) is 19.1. The Balaban J connectivity index is 1.60. The van der Waals surface area contributed by atoms with Gasteiger partial charge in [-0.1, -0.05) is 18.2 Å². The maximum absolute atomic E-state index is 13.7. The van der Waals surface area contributed by atoms with Crippen molar-refractivity contribution in [3.63, 3.8) is 0 Å². The number of carbonyl (C=O) groups excluding carboxylic acids is 3. The number of nitrogens with two attached hydrogens (primary N) is 1. The number of nitrogens with one attached hydrogen (secondary N) is 4. The van der Waals surface area contributed by atoms with Gasteiger partial charge in [-0.2, -0.15) is 0 Å². The minimum absolute atomic E-state index is 0.0488. The molecule has 1 saturated heterocycles. The van der Waals surface area contributed by atoms with E-state index < -0.39 is 60.2 Å². The first-order valence-corrected chi connectivity index (χ1v) is 12.8. The smallest absolute Gasteiger partial charge is 0.326 e. The predicted molar refractivity (Wildman–Crippen MR) is 141 cm³/mol. The van der Waals surface area contributed by atoms with E-state index >= 15 is 0 Å². The third kappa shape index (κ3) is 6.64. The lowest BCUT2D eigenvalue weighted by Gasteiger charge is -2.29. The van der Waals surface area contributed by atoms with Crippen molar-refractivity contribution in [2.45, 2.75) is 56.3 Å². The second kappa shape index (κ2) is 12.4.